The zero-order valence-electron chi connectivity index (χ0n) is 15.4. The molecule has 0 heterocycles. The van der Waals surface area contributed by atoms with Gasteiger partial charge in [-0.1, -0.05) is 42.5 Å². The van der Waals surface area contributed by atoms with E-state index in [-0.39, 0.29) is 5.69 Å². The highest BCUT2D eigenvalue weighted by Crippen LogP contribution is 2.30. The minimum Gasteiger partial charge on any atom is -0.495 e. The van der Waals surface area contributed by atoms with Crippen LogP contribution in [0.3, 0.4) is 0 Å². The number of fused-ring (bicyclic) bond motifs is 1. The van der Waals surface area contributed by atoms with E-state index >= 15 is 0 Å². The predicted molar refractivity (Wildman–Crippen MR) is 106 cm³/mol. The first kappa shape index (κ1) is 21.2. The van der Waals surface area contributed by atoms with Gasteiger partial charge < -0.3 is 20.3 Å². The van der Waals surface area contributed by atoms with Gasteiger partial charge in [0.1, 0.15) is 5.75 Å². The minimum atomic E-state index is -1.82. The third-order valence-electron chi connectivity index (χ3n) is 3.93. The van der Waals surface area contributed by atoms with Crippen LogP contribution in [0.5, 0.6) is 5.75 Å². The molecule has 0 atom stereocenters. The average Bonchev–Trinajstić information content (AvgIpc) is 2.72. The van der Waals surface area contributed by atoms with Crippen molar-refractivity contribution in [3.8, 4) is 5.75 Å². The van der Waals surface area contributed by atoms with Crippen LogP contribution in [0.2, 0.25) is 0 Å². The van der Waals surface area contributed by atoms with Crippen molar-refractivity contribution < 1.29 is 29.5 Å². The molecule has 0 aliphatic rings. The Morgan fingerprint density at radius 3 is 2.31 bits per heavy atom. The zero-order valence-corrected chi connectivity index (χ0v) is 15.4. The lowest BCUT2D eigenvalue weighted by Gasteiger charge is -2.12. The smallest absolute Gasteiger partial charge is 0.414 e. The first-order valence-corrected chi connectivity index (χ1v) is 8.32. The number of carboxylic acid groups (broad SMARTS) is 2. The molecule has 0 aromatic heterocycles. The first-order chi connectivity index (χ1) is 13.8. The molecule has 3 N–H and O–H groups in total. The number of methoxy groups -OCH3 is 1. The number of carbonyl (C=O) groups is 2. The van der Waals surface area contributed by atoms with Crippen LogP contribution in [0, 0.1) is 10.1 Å². The van der Waals surface area contributed by atoms with Crippen LogP contribution in [0.4, 0.5) is 11.4 Å². The molecule has 0 bridgehead atoms. The number of nitrogens with zero attached hydrogens (tertiary/aromatic N) is 1. The van der Waals surface area contributed by atoms with Gasteiger partial charge in [-0.15, -0.1) is 0 Å². The van der Waals surface area contributed by atoms with Gasteiger partial charge in [0.2, 0.25) is 0 Å². The van der Waals surface area contributed by atoms with Crippen molar-refractivity contribution in [3.63, 3.8) is 0 Å². The topological polar surface area (TPSA) is 139 Å². The van der Waals surface area contributed by atoms with Crippen molar-refractivity contribution >= 4 is 34.1 Å². The molecule has 0 aliphatic heterocycles. The van der Waals surface area contributed by atoms with Crippen LogP contribution < -0.4 is 10.1 Å². The van der Waals surface area contributed by atoms with E-state index in [0.717, 1.165) is 16.3 Å². The molecule has 0 spiro atoms. The third-order valence-corrected chi connectivity index (χ3v) is 3.93. The highest BCUT2D eigenvalue weighted by Gasteiger charge is 2.11. The number of nitrogens with one attached hydrogen (secondary N) is 1. The van der Waals surface area contributed by atoms with E-state index in [2.05, 4.69) is 23.5 Å². The SMILES string of the molecule is COc1ccc([N+](=O)[O-])cc1NCc1cccc2ccccc12.O=C(O)C(=O)O. The molecule has 3 aromatic carbocycles. The van der Waals surface area contributed by atoms with Crippen molar-refractivity contribution in [2.75, 3.05) is 12.4 Å². The maximum absolute atomic E-state index is 10.9. The van der Waals surface area contributed by atoms with E-state index in [1.807, 2.05) is 24.3 Å². The average molecular weight is 398 g/mol. The summed E-state index contributed by atoms with van der Waals surface area (Å²) in [5.74, 6) is -3.07. The standard InChI is InChI=1S/C18H16N2O3.C2H2O4/c1-23-18-10-9-15(20(21)22)11-17(18)19-12-14-7-4-6-13-5-2-3-8-16(13)14;3-1(4)2(5)6/h2-11,19H,12H2,1H3;(H,3,4)(H,5,6). The fraction of sp³-hybridized carbons (Fsp3) is 0.100. The van der Waals surface area contributed by atoms with Crippen LogP contribution in [-0.2, 0) is 16.1 Å². The number of nitro groups is 1. The summed E-state index contributed by atoms with van der Waals surface area (Å²) in [5.41, 5.74) is 1.76. The number of non-ortho nitro benzene ring substituents is 1. The molecular weight excluding hydrogens is 380 g/mol. The fourth-order valence-electron chi connectivity index (χ4n) is 2.58. The molecule has 29 heavy (non-hydrogen) atoms. The number of aliphatic carboxylic acids is 2. The van der Waals surface area contributed by atoms with Gasteiger partial charge in [0.05, 0.1) is 17.7 Å². The van der Waals surface area contributed by atoms with Gasteiger partial charge in [-0.25, -0.2) is 9.59 Å². The van der Waals surface area contributed by atoms with E-state index in [1.54, 1.807) is 13.2 Å². The summed E-state index contributed by atoms with van der Waals surface area (Å²) in [6, 6.07) is 18.8. The Balaban J connectivity index is 0.000000438. The van der Waals surface area contributed by atoms with Gasteiger partial charge in [0.25, 0.3) is 5.69 Å². The Hall–Kier alpha value is -4.14. The van der Waals surface area contributed by atoms with Gasteiger partial charge in [-0.2, -0.15) is 0 Å². The molecule has 0 radical (unpaired) electrons. The monoisotopic (exact) mass is 398 g/mol. The molecule has 9 heteroatoms. The second-order valence-corrected chi connectivity index (χ2v) is 5.74. The lowest BCUT2D eigenvalue weighted by Crippen LogP contribution is -2.09. The van der Waals surface area contributed by atoms with Crippen molar-refractivity contribution in [1.29, 1.82) is 0 Å². The summed E-state index contributed by atoms with van der Waals surface area (Å²) < 4.78 is 5.27. The highest BCUT2D eigenvalue weighted by molar-refractivity contribution is 6.27. The van der Waals surface area contributed by atoms with E-state index in [9.17, 15) is 10.1 Å². The molecule has 9 nitrogen and oxygen atoms in total. The van der Waals surface area contributed by atoms with Crippen molar-refractivity contribution in [1.82, 2.24) is 0 Å². The van der Waals surface area contributed by atoms with Gasteiger partial charge in [0, 0.05) is 18.7 Å². The lowest BCUT2D eigenvalue weighted by atomic mass is 10.0. The van der Waals surface area contributed by atoms with Gasteiger partial charge in [-0.3, -0.25) is 10.1 Å². The summed E-state index contributed by atoms with van der Waals surface area (Å²) in [4.78, 5) is 28.7. The normalized spacial score (nSPS) is 9.83. The number of benzene rings is 3. The third kappa shape index (κ3) is 5.67. The summed E-state index contributed by atoms with van der Waals surface area (Å²) in [6.45, 7) is 0.554. The van der Waals surface area contributed by atoms with Gasteiger partial charge >= 0.3 is 11.9 Å². The summed E-state index contributed by atoms with van der Waals surface area (Å²) in [7, 11) is 1.55. The van der Waals surface area contributed by atoms with E-state index in [0.29, 0.717) is 18.0 Å². The molecule has 0 aliphatic carbocycles. The molecular formula is C20H18N2O7. The highest BCUT2D eigenvalue weighted by atomic mass is 16.6. The van der Waals surface area contributed by atoms with Crippen LogP contribution >= 0.6 is 0 Å². The van der Waals surface area contributed by atoms with Gasteiger partial charge in [-0.05, 0) is 22.4 Å². The zero-order chi connectivity index (χ0) is 21.4. The second kappa shape index (κ2) is 9.70. The molecule has 0 fully saturated rings. The van der Waals surface area contributed by atoms with Crippen LogP contribution in [0.15, 0.2) is 60.7 Å². The fourth-order valence-corrected chi connectivity index (χ4v) is 2.58. The number of carboxylic acids is 2. The Bertz CT molecular complexity index is 1030. The maximum Gasteiger partial charge on any atom is 0.414 e. The summed E-state index contributed by atoms with van der Waals surface area (Å²) in [5, 5.41) is 31.3. The lowest BCUT2D eigenvalue weighted by molar-refractivity contribution is -0.384. The summed E-state index contributed by atoms with van der Waals surface area (Å²) in [6.07, 6.45) is 0. The Morgan fingerprint density at radius 1 is 1.03 bits per heavy atom. The maximum atomic E-state index is 10.9. The molecule has 3 rings (SSSR count). The van der Waals surface area contributed by atoms with Crippen LogP contribution in [0.25, 0.3) is 10.8 Å². The van der Waals surface area contributed by atoms with E-state index in [4.69, 9.17) is 24.5 Å². The van der Waals surface area contributed by atoms with Crippen LogP contribution in [0.1, 0.15) is 5.56 Å². The largest absolute Gasteiger partial charge is 0.495 e. The van der Waals surface area contributed by atoms with Crippen molar-refractivity contribution in [2.45, 2.75) is 6.54 Å². The quantitative estimate of drug-likeness (QED) is 0.337. The molecule has 150 valence electrons. The second-order valence-electron chi connectivity index (χ2n) is 5.74. The number of ether oxygens (including phenoxy) is 1. The molecule has 0 saturated heterocycles. The number of hydrogen-bond donors (Lipinski definition) is 3. The molecule has 0 unspecified atom stereocenters. The molecule has 0 amide bonds. The van der Waals surface area contributed by atoms with E-state index in [1.165, 1.54) is 12.1 Å². The number of hydrogen-bond acceptors (Lipinski definition) is 6. The number of anilines is 1. The van der Waals surface area contributed by atoms with E-state index < -0.39 is 16.9 Å². The summed E-state index contributed by atoms with van der Waals surface area (Å²) >= 11 is 0. The van der Waals surface area contributed by atoms with Crippen LogP contribution in [-0.4, -0.2) is 34.2 Å². The Kier molecular flexibility index (Phi) is 7.08. The first-order valence-electron chi connectivity index (χ1n) is 8.32. The Morgan fingerprint density at radius 2 is 1.69 bits per heavy atom. The minimum absolute atomic E-state index is 0.0335. The van der Waals surface area contributed by atoms with Crippen molar-refractivity contribution in [3.05, 3.63) is 76.3 Å². The van der Waals surface area contributed by atoms with Gasteiger partial charge in [0.15, 0.2) is 0 Å². The molecule has 0 saturated carbocycles. The number of rotatable bonds is 5. The van der Waals surface area contributed by atoms with Crippen molar-refractivity contribution in [2.24, 2.45) is 0 Å². The predicted octanol–water partition coefficient (Wildman–Crippen LogP) is 3.52. The number of nitro benzene ring substituents is 1. The Labute approximate surface area is 165 Å². The molecule has 3 aromatic rings.